The van der Waals surface area contributed by atoms with Gasteiger partial charge in [0.1, 0.15) is 5.76 Å². The van der Waals surface area contributed by atoms with E-state index >= 15 is 0 Å². The molecule has 2 aliphatic heterocycles. The molecule has 6 heteroatoms. The highest BCUT2D eigenvalue weighted by molar-refractivity contribution is 5.83. The van der Waals surface area contributed by atoms with Gasteiger partial charge in [-0.3, -0.25) is 4.79 Å². The van der Waals surface area contributed by atoms with Crippen molar-refractivity contribution in [1.29, 1.82) is 0 Å². The zero-order valence-corrected chi connectivity index (χ0v) is 13.3. The van der Waals surface area contributed by atoms with Crippen LogP contribution in [-0.4, -0.2) is 43.9 Å². The third-order valence-corrected chi connectivity index (χ3v) is 4.74. The van der Waals surface area contributed by atoms with Gasteiger partial charge in [0.05, 0.1) is 24.3 Å². The average Bonchev–Trinajstić information content (AvgIpc) is 3.24. The number of amides is 1. The van der Waals surface area contributed by atoms with E-state index < -0.39 is 5.41 Å². The number of rotatable bonds is 5. The average molecular weight is 317 g/mol. The molecule has 0 spiro atoms. The first-order valence-electron chi connectivity index (χ1n) is 8.19. The van der Waals surface area contributed by atoms with Gasteiger partial charge in [-0.2, -0.15) is 0 Å². The van der Waals surface area contributed by atoms with Crippen molar-refractivity contribution in [2.24, 2.45) is 5.41 Å². The minimum atomic E-state index is -0.516. The van der Waals surface area contributed by atoms with Crippen LogP contribution in [0.4, 0.5) is 0 Å². The summed E-state index contributed by atoms with van der Waals surface area (Å²) in [4.78, 5) is 12.6. The Morgan fingerprint density at radius 3 is 3.22 bits per heavy atom. The predicted molar refractivity (Wildman–Crippen MR) is 84.8 cm³/mol. The topological polar surface area (TPSA) is 76.4 Å². The van der Waals surface area contributed by atoms with E-state index in [0.29, 0.717) is 25.5 Å². The van der Waals surface area contributed by atoms with E-state index in [9.17, 15) is 4.79 Å². The van der Waals surface area contributed by atoms with Gasteiger partial charge in [-0.15, -0.1) is 6.42 Å². The molecule has 1 aromatic heterocycles. The molecule has 3 rings (SSSR count). The molecule has 3 heterocycles. The van der Waals surface area contributed by atoms with E-state index in [-0.39, 0.29) is 12.5 Å². The first-order chi connectivity index (χ1) is 11.2. The molecule has 0 unspecified atom stereocenters. The van der Waals surface area contributed by atoms with Crippen LogP contribution in [0.3, 0.4) is 0 Å². The number of carbonyl (C=O) groups excluding carboxylic acids is 1. The first kappa shape index (κ1) is 16.0. The summed E-state index contributed by atoms with van der Waals surface area (Å²) in [6.45, 7) is 3.29. The fraction of sp³-hybridized carbons (Fsp3) is 0.647. The second kappa shape index (κ2) is 7.16. The summed E-state index contributed by atoms with van der Waals surface area (Å²) in [5.41, 5.74) is 0.415. The van der Waals surface area contributed by atoms with Gasteiger partial charge in [0.15, 0.2) is 0 Å². The molecular formula is C17H23N3O3. The maximum absolute atomic E-state index is 12.6. The van der Waals surface area contributed by atoms with E-state index in [1.807, 2.05) is 6.07 Å². The van der Waals surface area contributed by atoms with Crippen molar-refractivity contribution in [3.8, 4) is 12.3 Å². The number of piperidine rings is 1. The van der Waals surface area contributed by atoms with Crippen LogP contribution in [0, 0.1) is 17.8 Å². The van der Waals surface area contributed by atoms with Gasteiger partial charge in [-0.1, -0.05) is 11.1 Å². The maximum atomic E-state index is 12.6. The van der Waals surface area contributed by atoms with Gasteiger partial charge in [0.2, 0.25) is 5.91 Å². The Labute approximate surface area is 136 Å². The third kappa shape index (κ3) is 3.57. The van der Waals surface area contributed by atoms with Crippen molar-refractivity contribution in [2.75, 3.05) is 32.8 Å². The van der Waals surface area contributed by atoms with Gasteiger partial charge < -0.3 is 19.9 Å². The molecule has 6 nitrogen and oxygen atoms in total. The molecule has 0 radical (unpaired) electrons. The SMILES string of the molecule is C#CCNC(=O)[C@]1(Cc2cc([C@H]3CCOC3)no2)CCCNC1. The number of carbonyl (C=O) groups is 1. The van der Waals surface area contributed by atoms with Crippen LogP contribution < -0.4 is 10.6 Å². The monoisotopic (exact) mass is 317 g/mol. The molecule has 2 atom stereocenters. The normalized spacial score (nSPS) is 27.5. The summed E-state index contributed by atoms with van der Waals surface area (Å²) in [6, 6.07) is 1.98. The highest BCUT2D eigenvalue weighted by Crippen LogP contribution is 2.33. The van der Waals surface area contributed by atoms with Crippen LogP contribution in [0.2, 0.25) is 0 Å². The van der Waals surface area contributed by atoms with Crippen molar-refractivity contribution in [3.63, 3.8) is 0 Å². The zero-order valence-electron chi connectivity index (χ0n) is 13.3. The molecule has 1 amide bonds. The summed E-state index contributed by atoms with van der Waals surface area (Å²) < 4.78 is 10.9. The number of hydrogen-bond donors (Lipinski definition) is 2. The Morgan fingerprint density at radius 1 is 1.61 bits per heavy atom. The molecule has 0 aromatic carbocycles. The molecule has 23 heavy (non-hydrogen) atoms. The standard InChI is InChI=1S/C17H23N3O3/c1-2-6-19-16(21)17(5-3-7-18-12-17)10-14-9-15(20-23-14)13-4-8-22-11-13/h1,9,13,18H,3-8,10-12H2,(H,19,21)/t13-,17-/m0/s1. The minimum absolute atomic E-state index is 0.00944. The highest BCUT2D eigenvalue weighted by atomic mass is 16.5. The fourth-order valence-corrected chi connectivity index (χ4v) is 3.42. The van der Waals surface area contributed by atoms with Gasteiger partial charge in [-0.05, 0) is 25.8 Å². The van der Waals surface area contributed by atoms with Gasteiger partial charge in [-0.25, -0.2) is 0 Å². The molecule has 0 saturated carbocycles. The van der Waals surface area contributed by atoms with Gasteiger partial charge in [0.25, 0.3) is 0 Å². The molecule has 2 saturated heterocycles. The number of ether oxygens (including phenoxy) is 1. The summed E-state index contributed by atoms with van der Waals surface area (Å²) in [5.74, 6) is 3.51. The lowest BCUT2D eigenvalue weighted by Crippen LogP contribution is -2.51. The van der Waals surface area contributed by atoms with E-state index in [2.05, 4.69) is 21.7 Å². The van der Waals surface area contributed by atoms with Crippen molar-refractivity contribution >= 4 is 5.91 Å². The van der Waals surface area contributed by atoms with Crippen molar-refractivity contribution in [3.05, 3.63) is 17.5 Å². The molecule has 2 N–H and O–H groups in total. The second-order valence-electron chi connectivity index (χ2n) is 6.40. The predicted octanol–water partition coefficient (Wildman–Crippen LogP) is 0.840. The van der Waals surface area contributed by atoms with E-state index in [1.165, 1.54) is 0 Å². The Balaban J connectivity index is 1.73. The fourth-order valence-electron chi connectivity index (χ4n) is 3.42. The van der Waals surface area contributed by atoms with Crippen molar-refractivity contribution < 1.29 is 14.1 Å². The smallest absolute Gasteiger partial charge is 0.228 e. The van der Waals surface area contributed by atoms with Crippen LogP contribution in [0.25, 0.3) is 0 Å². The number of hydrogen-bond acceptors (Lipinski definition) is 5. The highest BCUT2D eigenvalue weighted by Gasteiger charge is 2.40. The summed E-state index contributed by atoms with van der Waals surface area (Å²) in [6.07, 6.45) is 8.54. The quantitative estimate of drug-likeness (QED) is 0.787. The Morgan fingerprint density at radius 2 is 2.52 bits per heavy atom. The van der Waals surface area contributed by atoms with Crippen molar-refractivity contribution in [1.82, 2.24) is 15.8 Å². The summed E-state index contributed by atoms with van der Waals surface area (Å²) in [5, 5.41) is 10.3. The van der Waals surface area contributed by atoms with E-state index in [0.717, 1.165) is 43.9 Å². The number of terminal acetylenes is 1. The molecule has 124 valence electrons. The minimum Gasteiger partial charge on any atom is -0.381 e. The summed E-state index contributed by atoms with van der Waals surface area (Å²) >= 11 is 0. The zero-order chi connectivity index (χ0) is 16.1. The number of nitrogens with one attached hydrogen (secondary N) is 2. The second-order valence-corrected chi connectivity index (χ2v) is 6.40. The molecule has 1 aromatic rings. The third-order valence-electron chi connectivity index (χ3n) is 4.74. The lowest BCUT2D eigenvalue weighted by Gasteiger charge is -2.35. The Hall–Kier alpha value is -1.84. The van der Waals surface area contributed by atoms with E-state index in [4.69, 9.17) is 15.7 Å². The lowest BCUT2D eigenvalue weighted by molar-refractivity contribution is -0.132. The van der Waals surface area contributed by atoms with Gasteiger partial charge >= 0.3 is 0 Å². The molecule has 2 aliphatic rings. The van der Waals surface area contributed by atoms with Crippen LogP contribution in [0.1, 0.15) is 36.6 Å². The van der Waals surface area contributed by atoms with Gasteiger partial charge in [0, 0.05) is 31.6 Å². The lowest BCUT2D eigenvalue weighted by atomic mass is 9.76. The van der Waals surface area contributed by atoms with E-state index in [1.54, 1.807) is 0 Å². The van der Waals surface area contributed by atoms with Crippen LogP contribution in [0.5, 0.6) is 0 Å². The first-order valence-corrected chi connectivity index (χ1v) is 8.19. The van der Waals surface area contributed by atoms with Crippen LogP contribution >= 0.6 is 0 Å². The van der Waals surface area contributed by atoms with Crippen LogP contribution in [-0.2, 0) is 16.0 Å². The van der Waals surface area contributed by atoms with Crippen molar-refractivity contribution in [2.45, 2.75) is 31.6 Å². The molecular weight excluding hydrogens is 294 g/mol. The molecule has 0 bridgehead atoms. The molecule has 0 aliphatic carbocycles. The summed E-state index contributed by atoms with van der Waals surface area (Å²) in [7, 11) is 0. The maximum Gasteiger partial charge on any atom is 0.228 e. The largest absolute Gasteiger partial charge is 0.381 e. The Kier molecular flexibility index (Phi) is 4.99. The Bertz CT molecular complexity index is 578. The number of nitrogens with zero attached hydrogens (tertiary/aromatic N) is 1. The molecule has 2 fully saturated rings. The van der Waals surface area contributed by atoms with Crippen LogP contribution in [0.15, 0.2) is 10.6 Å². The number of aromatic nitrogens is 1.